The second-order valence-corrected chi connectivity index (χ2v) is 4.84. The van der Waals surface area contributed by atoms with Gasteiger partial charge < -0.3 is 14.9 Å². The third-order valence-corrected chi connectivity index (χ3v) is 2.90. The van der Waals surface area contributed by atoms with Crippen LogP contribution in [-0.4, -0.2) is 48.1 Å². The summed E-state index contributed by atoms with van der Waals surface area (Å²) in [5, 5.41) is 9.46. The van der Waals surface area contributed by atoms with Crippen LogP contribution in [0.3, 0.4) is 0 Å². The number of hydrogen-bond donors (Lipinski definition) is 1. The third kappa shape index (κ3) is 4.52. The van der Waals surface area contributed by atoms with Crippen LogP contribution in [0.4, 0.5) is 5.82 Å². The molecule has 19 heavy (non-hydrogen) atoms. The van der Waals surface area contributed by atoms with Gasteiger partial charge in [0.2, 0.25) is 5.91 Å². The minimum Gasteiger partial charge on any atom is -0.389 e. The van der Waals surface area contributed by atoms with E-state index >= 15 is 0 Å². The average Bonchev–Trinajstić information content (AvgIpc) is 2.38. The lowest BCUT2D eigenvalue weighted by Crippen LogP contribution is -2.37. The number of rotatable bonds is 6. The highest BCUT2D eigenvalue weighted by Crippen LogP contribution is 2.16. The van der Waals surface area contributed by atoms with Gasteiger partial charge in [-0.05, 0) is 25.0 Å². The lowest BCUT2D eigenvalue weighted by molar-refractivity contribution is -0.127. The van der Waals surface area contributed by atoms with Gasteiger partial charge in [0.15, 0.2) is 0 Å². The van der Waals surface area contributed by atoms with E-state index in [1.807, 2.05) is 17.0 Å². The van der Waals surface area contributed by atoms with Gasteiger partial charge in [-0.2, -0.15) is 0 Å². The molecule has 0 saturated carbocycles. The van der Waals surface area contributed by atoms with Gasteiger partial charge in [0.05, 0.1) is 12.6 Å². The molecule has 1 amide bonds. The molecule has 5 nitrogen and oxygen atoms in total. The van der Waals surface area contributed by atoms with Crippen LogP contribution in [-0.2, 0) is 4.79 Å². The molecule has 1 heterocycles. The number of aromatic nitrogens is 1. The summed E-state index contributed by atoms with van der Waals surface area (Å²) in [6.45, 7) is 4.87. The topological polar surface area (TPSA) is 56.7 Å². The molecule has 1 N–H and O–H groups in total. The summed E-state index contributed by atoms with van der Waals surface area (Å²) in [4.78, 5) is 19.6. The predicted octanol–water partition coefficient (Wildman–Crippen LogP) is 1.44. The van der Waals surface area contributed by atoms with Gasteiger partial charge in [0.1, 0.15) is 5.82 Å². The minimum absolute atomic E-state index is 0.0508. The molecule has 0 bridgehead atoms. The van der Waals surface area contributed by atoms with E-state index in [0.29, 0.717) is 6.54 Å². The Morgan fingerprint density at radius 1 is 1.42 bits per heavy atom. The van der Waals surface area contributed by atoms with Gasteiger partial charge in [-0.3, -0.25) is 4.79 Å². The molecule has 1 rings (SSSR count). The number of anilines is 1. The largest absolute Gasteiger partial charge is 0.389 e. The summed E-state index contributed by atoms with van der Waals surface area (Å²) in [6.07, 6.45) is 2.08. The Labute approximate surface area is 114 Å². The number of aliphatic hydroxyl groups excluding tert-OH is 1. The molecule has 5 heteroatoms. The molecule has 0 aliphatic carbocycles. The Morgan fingerprint density at radius 3 is 2.53 bits per heavy atom. The van der Waals surface area contributed by atoms with Crippen LogP contribution in [0.2, 0.25) is 0 Å². The zero-order chi connectivity index (χ0) is 14.4. The number of aliphatic hydroxyl groups is 1. The quantitative estimate of drug-likeness (QED) is 0.845. The van der Waals surface area contributed by atoms with Crippen LogP contribution in [0.1, 0.15) is 31.9 Å². The predicted molar refractivity (Wildman–Crippen MR) is 76.1 cm³/mol. The van der Waals surface area contributed by atoms with E-state index in [1.165, 1.54) is 0 Å². The highest BCUT2D eigenvalue weighted by Gasteiger charge is 2.13. The van der Waals surface area contributed by atoms with Gasteiger partial charge in [-0.25, -0.2) is 4.98 Å². The van der Waals surface area contributed by atoms with E-state index in [2.05, 4.69) is 11.9 Å². The maximum absolute atomic E-state index is 11.8. The minimum atomic E-state index is -0.524. The average molecular weight is 265 g/mol. The maximum Gasteiger partial charge on any atom is 0.241 e. The van der Waals surface area contributed by atoms with E-state index in [-0.39, 0.29) is 5.91 Å². The third-order valence-electron chi connectivity index (χ3n) is 2.90. The highest BCUT2D eigenvalue weighted by molar-refractivity contribution is 5.80. The fourth-order valence-electron chi connectivity index (χ4n) is 1.68. The summed E-state index contributed by atoms with van der Waals surface area (Å²) in [6, 6.07) is 3.69. The SMILES string of the molecule is CCCN(CC(=O)N(C)C)c1ccc(C(C)O)cn1. The van der Waals surface area contributed by atoms with E-state index in [4.69, 9.17) is 0 Å². The summed E-state index contributed by atoms with van der Waals surface area (Å²) >= 11 is 0. The van der Waals surface area contributed by atoms with Crippen molar-refractivity contribution < 1.29 is 9.90 Å². The zero-order valence-electron chi connectivity index (χ0n) is 12.1. The van der Waals surface area contributed by atoms with Crippen LogP contribution in [0.15, 0.2) is 18.3 Å². The molecule has 1 aromatic rings. The highest BCUT2D eigenvalue weighted by atomic mass is 16.3. The van der Waals surface area contributed by atoms with Crippen LogP contribution in [0.5, 0.6) is 0 Å². The number of nitrogens with zero attached hydrogens (tertiary/aromatic N) is 3. The van der Waals surface area contributed by atoms with Gasteiger partial charge >= 0.3 is 0 Å². The monoisotopic (exact) mass is 265 g/mol. The van der Waals surface area contributed by atoms with Crippen LogP contribution >= 0.6 is 0 Å². The normalized spacial score (nSPS) is 12.1. The Balaban J connectivity index is 2.83. The van der Waals surface area contributed by atoms with Crippen molar-refractivity contribution in [3.63, 3.8) is 0 Å². The fourth-order valence-corrected chi connectivity index (χ4v) is 1.68. The van der Waals surface area contributed by atoms with Gasteiger partial charge in [0, 0.05) is 26.8 Å². The molecule has 0 aliphatic heterocycles. The number of carbonyl (C=O) groups excluding carboxylic acids is 1. The van der Waals surface area contributed by atoms with Crippen molar-refractivity contribution in [2.24, 2.45) is 0 Å². The van der Waals surface area contributed by atoms with Crippen molar-refractivity contribution in [3.8, 4) is 0 Å². The lowest BCUT2D eigenvalue weighted by atomic mass is 10.2. The number of amides is 1. The Hall–Kier alpha value is -1.62. The number of pyridine rings is 1. The summed E-state index contributed by atoms with van der Waals surface area (Å²) < 4.78 is 0. The van der Waals surface area contributed by atoms with Gasteiger partial charge in [-0.1, -0.05) is 13.0 Å². The summed E-state index contributed by atoms with van der Waals surface area (Å²) in [5.74, 6) is 0.816. The van der Waals surface area contributed by atoms with Crippen molar-refractivity contribution in [1.82, 2.24) is 9.88 Å². The Kier molecular flexibility index (Phi) is 5.76. The second kappa shape index (κ2) is 7.09. The Morgan fingerprint density at radius 2 is 2.11 bits per heavy atom. The molecular weight excluding hydrogens is 242 g/mol. The van der Waals surface area contributed by atoms with E-state index in [9.17, 15) is 9.90 Å². The summed E-state index contributed by atoms with van der Waals surface area (Å²) in [5.41, 5.74) is 0.777. The number of carbonyl (C=O) groups is 1. The Bertz CT molecular complexity index is 402. The van der Waals surface area contributed by atoms with Gasteiger partial charge in [0.25, 0.3) is 0 Å². The summed E-state index contributed by atoms with van der Waals surface area (Å²) in [7, 11) is 3.49. The van der Waals surface area contributed by atoms with Crippen molar-refractivity contribution in [3.05, 3.63) is 23.9 Å². The zero-order valence-corrected chi connectivity index (χ0v) is 12.1. The molecule has 1 atom stereocenters. The van der Waals surface area contributed by atoms with Gasteiger partial charge in [-0.15, -0.1) is 0 Å². The van der Waals surface area contributed by atoms with Crippen molar-refractivity contribution in [2.45, 2.75) is 26.4 Å². The first-order valence-electron chi connectivity index (χ1n) is 6.54. The van der Waals surface area contributed by atoms with E-state index in [1.54, 1.807) is 32.1 Å². The second-order valence-electron chi connectivity index (χ2n) is 4.84. The number of hydrogen-bond acceptors (Lipinski definition) is 4. The maximum atomic E-state index is 11.8. The van der Waals surface area contributed by atoms with Crippen molar-refractivity contribution in [1.29, 1.82) is 0 Å². The number of likely N-dealkylation sites (N-methyl/N-ethyl adjacent to an activating group) is 1. The van der Waals surface area contributed by atoms with Crippen molar-refractivity contribution in [2.75, 3.05) is 32.1 Å². The smallest absolute Gasteiger partial charge is 0.241 e. The van der Waals surface area contributed by atoms with Crippen molar-refractivity contribution >= 4 is 11.7 Å². The molecular formula is C14H23N3O2. The first-order chi connectivity index (χ1) is 8.95. The van der Waals surface area contributed by atoms with E-state index in [0.717, 1.165) is 24.3 Å². The first-order valence-corrected chi connectivity index (χ1v) is 6.54. The lowest BCUT2D eigenvalue weighted by Gasteiger charge is -2.24. The molecule has 0 aromatic carbocycles. The molecule has 0 fully saturated rings. The van der Waals surface area contributed by atoms with Crippen LogP contribution < -0.4 is 4.90 Å². The first kappa shape index (κ1) is 15.4. The standard InChI is InChI=1S/C14H23N3O2/c1-5-8-17(10-14(19)16(3)4)13-7-6-12(9-15-13)11(2)18/h6-7,9,11,18H,5,8,10H2,1-4H3. The molecule has 0 saturated heterocycles. The van der Waals surface area contributed by atoms with E-state index < -0.39 is 6.10 Å². The molecule has 1 aromatic heterocycles. The molecule has 0 aliphatic rings. The fraction of sp³-hybridized carbons (Fsp3) is 0.571. The molecule has 1 unspecified atom stereocenters. The molecule has 0 radical (unpaired) electrons. The molecule has 0 spiro atoms. The van der Waals surface area contributed by atoms with Crippen LogP contribution in [0.25, 0.3) is 0 Å². The van der Waals surface area contributed by atoms with Crippen LogP contribution in [0, 0.1) is 0 Å². The molecule has 106 valence electrons.